The Hall–Kier alpha value is -1.29. The minimum absolute atomic E-state index is 0.617. The molecule has 1 fully saturated rings. The molecule has 1 aliphatic heterocycles. The highest BCUT2D eigenvalue weighted by molar-refractivity contribution is 5.66. The monoisotopic (exact) mass is 221 g/mol. The lowest BCUT2D eigenvalue weighted by molar-refractivity contribution is 0.143. The Balaban J connectivity index is 2.07. The van der Waals surface area contributed by atoms with Crippen molar-refractivity contribution >= 4 is 11.4 Å². The second kappa shape index (κ2) is 5.16. The number of anilines is 2. The van der Waals surface area contributed by atoms with Crippen LogP contribution < -0.4 is 10.6 Å². The van der Waals surface area contributed by atoms with Crippen molar-refractivity contribution < 1.29 is 4.74 Å². The van der Waals surface area contributed by atoms with Crippen LogP contribution in [0, 0.1) is 5.92 Å². The molecule has 16 heavy (non-hydrogen) atoms. The molecule has 4 nitrogen and oxygen atoms in total. The van der Waals surface area contributed by atoms with Gasteiger partial charge < -0.3 is 15.4 Å². The van der Waals surface area contributed by atoms with E-state index in [0.717, 1.165) is 31.1 Å². The first-order chi connectivity index (χ1) is 7.81. The summed E-state index contributed by atoms with van der Waals surface area (Å²) in [6.07, 6.45) is 5.96. The molecule has 2 heterocycles. The van der Waals surface area contributed by atoms with Gasteiger partial charge in [-0.2, -0.15) is 0 Å². The fraction of sp³-hybridized carbons (Fsp3) is 0.583. The summed E-state index contributed by atoms with van der Waals surface area (Å²) in [6, 6.07) is 1.99. The number of nitrogens with zero attached hydrogens (tertiary/aromatic N) is 2. The van der Waals surface area contributed by atoms with E-state index in [4.69, 9.17) is 10.5 Å². The van der Waals surface area contributed by atoms with Crippen LogP contribution in [0.5, 0.6) is 0 Å². The van der Waals surface area contributed by atoms with E-state index in [1.807, 2.05) is 6.07 Å². The number of aromatic nitrogens is 1. The fourth-order valence-corrected chi connectivity index (χ4v) is 2.34. The molecule has 0 aromatic carbocycles. The van der Waals surface area contributed by atoms with Crippen molar-refractivity contribution in [3.8, 4) is 0 Å². The zero-order valence-electron chi connectivity index (χ0n) is 9.72. The minimum Gasteiger partial charge on any atom is -0.396 e. The van der Waals surface area contributed by atoms with Crippen molar-refractivity contribution in [3.05, 3.63) is 18.5 Å². The summed E-state index contributed by atoms with van der Waals surface area (Å²) >= 11 is 0. The number of pyridine rings is 1. The number of methoxy groups -OCH3 is 1. The van der Waals surface area contributed by atoms with Gasteiger partial charge in [0.15, 0.2) is 0 Å². The molecule has 88 valence electrons. The largest absolute Gasteiger partial charge is 0.396 e. The van der Waals surface area contributed by atoms with E-state index in [-0.39, 0.29) is 0 Å². The predicted molar refractivity (Wildman–Crippen MR) is 65.5 cm³/mol. The smallest absolute Gasteiger partial charge is 0.0738 e. The summed E-state index contributed by atoms with van der Waals surface area (Å²) < 4.78 is 5.23. The van der Waals surface area contributed by atoms with Crippen molar-refractivity contribution in [2.24, 2.45) is 5.92 Å². The lowest BCUT2D eigenvalue weighted by Crippen LogP contribution is -2.37. The average Bonchev–Trinajstić information content (AvgIpc) is 2.30. The number of rotatable bonds is 3. The van der Waals surface area contributed by atoms with Crippen LogP contribution in [0.3, 0.4) is 0 Å². The number of ether oxygens (including phenoxy) is 1. The lowest BCUT2D eigenvalue weighted by Gasteiger charge is -2.34. The van der Waals surface area contributed by atoms with Crippen LogP contribution >= 0.6 is 0 Å². The Morgan fingerprint density at radius 2 is 2.50 bits per heavy atom. The third kappa shape index (κ3) is 2.44. The molecule has 1 atom stereocenters. The van der Waals surface area contributed by atoms with Crippen molar-refractivity contribution in [2.45, 2.75) is 12.8 Å². The molecule has 1 saturated heterocycles. The van der Waals surface area contributed by atoms with Crippen LogP contribution in [-0.4, -0.2) is 31.8 Å². The van der Waals surface area contributed by atoms with E-state index in [9.17, 15) is 0 Å². The van der Waals surface area contributed by atoms with E-state index in [1.165, 1.54) is 12.8 Å². The van der Waals surface area contributed by atoms with Gasteiger partial charge in [0.2, 0.25) is 0 Å². The van der Waals surface area contributed by atoms with Gasteiger partial charge in [0, 0.05) is 26.4 Å². The number of hydrogen-bond acceptors (Lipinski definition) is 4. The van der Waals surface area contributed by atoms with Crippen molar-refractivity contribution in [2.75, 3.05) is 37.4 Å². The van der Waals surface area contributed by atoms with Crippen LogP contribution in [0.2, 0.25) is 0 Å². The molecule has 0 saturated carbocycles. The number of piperidine rings is 1. The summed E-state index contributed by atoms with van der Waals surface area (Å²) in [7, 11) is 1.76. The molecule has 1 aromatic rings. The normalized spacial score (nSPS) is 21.1. The SMILES string of the molecule is COCC1CCCN(c2ccncc2N)C1. The number of hydrogen-bond donors (Lipinski definition) is 1. The molecule has 2 rings (SSSR count). The highest BCUT2D eigenvalue weighted by Gasteiger charge is 2.21. The van der Waals surface area contributed by atoms with E-state index in [0.29, 0.717) is 5.92 Å². The maximum atomic E-state index is 5.94. The fourth-order valence-electron chi connectivity index (χ4n) is 2.34. The molecule has 1 aliphatic rings. The third-order valence-corrected chi connectivity index (χ3v) is 3.09. The van der Waals surface area contributed by atoms with Crippen LogP contribution in [0.4, 0.5) is 11.4 Å². The molecule has 0 bridgehead atoms. The van der Waals surface area contributed by atoms with Gasteiger partial charge in [-0.3, -0.25) is 4.98 Å². The van der Waals surface area contributed by atoms with Crippen LogP contribution in [0.1, 0.15) is 12.8 Å². The molecule has 4 heteroatoms. The molecule has 0 spiro atoms. The van der Waals surface area contributed by atoms with Gasteiger partial charge in [-0.15, -0.1) is 0 Å². The molecule has 0 amide bonds. The highest BCUT2D eigenvalue weighted by Crippen LogP contribution is 2.27. The quantitative estimate of drug-likeness (QED) is 0.841. The lowest BCUT2D eigenvalue weighted by atomic mass is 9.98. The summed E-state index contributed by atoms with van der Waals surface area (Å²) in [5, 5.41) is 0. The Morgan fingerprint density at radius 1 is 1.62 bits per heavy atom. The van der Waals surface area contributed by atoms with E-state index >= 15 is 0 Å². The molecular weight excluding hydrogens is 202 g/mol. The molecule has 2 N–H and O–H groups in total. The first kappa shape index (κ1) is 11.2. The Kier molecular flexibility index (Phi) is 3.62. The van der Waals surface area contributed by atoms with Gasteiger partial charge in [-0.1, -0.05) is 0 Å². The summed E-state index contributed by atoms with van der Waals surface area (Å²) in [4.78, 5) is 6.36. The van der Waals surface area contributed by atoms with Crippen LogP contribution in [0.25, 0.3) is 0 Å². The van der Waals surface area contributed by atoms with Gasteiger partial charge in [0.1, 0.15) is 0 Å². The second-order valence-electron chi connectivity index (χ2n) is 4.34. The third-order valence-electron chi connectivity index (χ3n) is 3.09. The maximum Gasteiger partial charge on any atom is 0.0738 e. The van der Waals surface area contributed by atoms with Crippen molar-refractivity contribution in [1.29, 1.82) is 0 Å². The van der Waals surface area contributed by atoms with Crippen molar-refractivity contribution in [3.63, 3.8) is 0 Å². The Morgan fingerprint density at radius 3 is 3.25 bits per heavy atom. The Labute approximate surface area is 96.4 Å². The zero-order valence-corrected chi connectivity index (χ0v) is 9.72. The molecule has 1 unspecified atom stereocenters. The van der Waals surface area contributed by atoms with Crippen molar-refractivity contribution in [1.82, 2.24) is 4.98 Å². The standard InChI is InChI=1S/C12H19N3O/c1-16-9-10-3-2-6-15(8-10)12-4-5-14-7-11(12)13/h4-5,7,10H,2-3,6,8-9,13H2,1H3. The van der Waals surface area contributed by atoms with Crippen LogP contribution in [0.15, 0.2) is 18.5 Å². The van der Waals surface area contributed by atoms with Gasteiger partial charge in [0.05, 0.1) is 24.2 Å². The molecule has 0 aliphatic carbocycles. The zero-order chi connectivity index (χ0) is 11.4. The first-order valence-electron chi connectivity index (χ1n) is 5.74. The predicted octanol–water partition coefficient (Wildman–Crippen LogP) is 1.53. The summed E-state index contributed by atoms with van der Waals surface area (Å²) in [6.45, 7) is 2.94. The Bertz CT molecular complexity index is 341. The molecule has 1 aromatic heterocycles. The topological polar surface area (TPSA) is 51.4 Å². The average molecular weight is 221 g/mol. The maximum absolute atomic E-state index is 5.94. The van der Waals surface area contributed by atoms with Gasteiger partial charge in [-0.25, -0.2) is 0 Å². The number of nitrogen functional groups attached to an aromatic ring is 1. The number of nitrogens with two attached hydrogens (primary N) is 1. The van der Waals surface area contributed by atoms with Gasteiger partial charge in [0.25, 0.3) is 0 Å². The van der Waals surface area contributed by atoms with E-state index in [1.54, 1.807) is 19.5 Å². The summed E-state index contributed by atoms with van der Waals surface area (Å²) in [5.74, 6) is 0.617. The van der Waals surface area contributed by atoms with Gasteiger partial charge in [-0.05, 0) is 24.8 Å². The second-order valence-corrected chi connectivity index (χ2v) is 4.34. The first-order valence-corrected chi connectivity index (χ1v) is 5.74. The van der Waals surface area contributed by atoms with E-state index < -0.39 is 0 Å². The molecular formula is C12H19N3O. The summed E-state index contributed by atoms with van der Waals surface area (Å²) in [5.41, 5.74) is 7.81. The van der Waals surface area contributed by atoms with Crippen LogP contribution in [-0.2, 0) is 4.74 Å². The van der Waals surface area contributed by atoms with E-state index in [2.05, 4.69) is 9.88 Å². The molecule has 0 radical (unpaired) electrons. The highest BCUT2D eigenvalue weighted by atomic mass is 16.5. The minimum atomic E-state index is 0.617. The van der Waals surface area contributed by atoms with Gasteiger partial charge >= 0.3 is 0 Å².